The van der Waals surface area contributed by atoms with E-state index in [-0.39, 0.29) is 11.9 Å². The topological polar surface area (TPSA) is 62.1 Å². The van der Waals surface area contributed by atoms with E-state index in [9.17, 15) is 13.2 Å². The van der Waals surface area contributed by atoms with Gasteiger partial charge in [-0.1, -0.05) is 43.7 Å². The van der Waals surface area contributed by atoms with Crippen molar-refractivity contribution in [2.45, 2.75) is 37.6 Å². The van der Waals surface area contributed by atoms with Crippen LogP contribution >= 0.6 is 0 Å². The summed E-state index contributed by atoms with van der Waals surface area (Å²) in [6.07, 6.45) is 1.99. The monoisotopic (exact) mass is 430 g/mol. The Morgan fingerprint density at radius 3 is 2.23 bits per heavy atom. The van der Waals surface area contributed by atoms with Gasteiger partial charge in [0, 0.05) is 12.7 Å². The smallest absolute Gasteiger partial charge is 0.284 e. The van der Waals surface area contributed by atoms with Crippen molar-refractivity contribution in [3.05, 3.63) is 60.2 Å². The minimum absolute atomic E-state index is 0.0408. The van der Waals surface area contributed by atoms with Crippen LogP contribution in [0.4, 0.5) is 5.69 Å². The van der Waals surface area contributed by atoms with Crippen LogP contribution < -0.4 is 9.80 Å². The molecule has 1 aliphatic heterocycles. The molecule has 1 saturated heterocycles. The Bertz CT molecular complexity index is 937. The number of rotatable bonds is 7. The van der Waals surface area contributed by atoms with E-state index in [0.29, 0.717) is 31.1 Å². The standard InChI is InChI=1S/C23H31N3O3S/c1-4-8-20-11-13-22(14-12-20)30(28,29)26-17-15-25(16-18-26)19(2)23(27)24(3)21-9-6-5-7-10-21/h5-7,9-14,19H,4,8,15-18H2,1-3H3/p+1/t19-/m1/s1. The molecule has 1 atom stereocenters. The number of carbonyl (C=O) groups is 1. The van der Waals surface area contributed by atoms with Gasteiger partial charge in [0.05, 0.1) is 31.1 Å². The second-order valence-electron chi connectivity index (χ2n) is 7.91. The Morgan fingerprint density at radius 2 is 1.67 bits per heavy atom. The summed E-state index contributed by atoms with van der Waals surface area (Å²) in [6.45, 7) is 6.09. The zero-order valence-electron chi connectivity index (χ0n) is 18.0. The lowest BCUT2D eigenvalue weighted by Gasteiger charge is -2.35. The molecule has 1 heterocycles. The lowest BCUT2D eigenvalue weighted by atomic mass is 10.1. The number of amides is 1. The van der Waals surface area contributed by atoms with E-state index in [4.69, 9.17) is 0 Å². The van der Waals surface area contributed by atoms with Gasteiger partial charge < -0.3 is 9.80 Å². The van der Waals surface area contributed by atoms with Crippen molar-refractivity contribution in [2.24, 2.45) is 0 Å². The highest BCUT2D eigenvalue weighted by Crippen LogP contribution is 2.17. The first-order chi connectivity index (χ1) is 14.3. The summed E-state index contributed by atoms with van der Waals surface area (Å²) in [4.78, 5) is 16.0. The average Bonchev–Trinajstić information content (AvgIpc) is 2.79. The molecule has 0 aromatic heterocycles. The Kier molecular flexibility index (Phi) is 7.28. The number of benzene rings is 2. The molecule has 6 nitrogen and oxygen atoms in total. The van der Waals surface area contributed by atoms with Crippen LogP contribution in [0.25, 0.3) is 0 Å². The van der Waals surface area contributed by atoms with E-state index >= 15 is 0 Å². The zero-order valence-corrected chi connectivity index (χ0v) is 18.9. The van der Waals surface area contributed by atoms with Gasteiger partial charge in [-0.15, -0.1) is 0 Å². The second-order valence-corrected chi connectivity index (χ2v) is 9.85. The summed E-state index contributed by atoms with van der Waals surface area (Å²) in [7, 11) is -1.71. The maximum Gasteiger partial charge on any atom is 0.284 e. The number of hydrogen-bond acceptors (Lipinski definition) is 3. The third-order valence-electron chi connectivity index (χ3n) is 5.92. The molecule has 1 N–H and O–H groups in total. The summed E-state index contributed by atoms with van der Waals surface area (Å²) in [6, 6.07) is 16.6. The highest BCUT2D eigenvalue weighted by Gasteiger charge is 2.35. The summed E-state index contributed by atoms with van der Waals surface area (Å²) in [5.41, 5.74) is 2.02. The van der Waals surface area contributed by atoms with Crippen molar-refractivity contribution in [3.8, 4) is 0 Å². The molecule has 0 saturated carbocycles. The Morgan fingerprint density at radius 1 is 1.07 bits per heavy atom. The third-order valence-corrected chi connectivity index (χ3v) is 7.83. The van der Waals surface area contributed by atoms with Crippen molar-refractivity contribution >= 4 is 21.6 Å². The van der Waals surface area contributed by atoms with Crippen LogP contribution in [0.5, 0.6) is 0 Å². The molecule has 30 heavy (non-hydrogen) atoms. The lowest BCUT2D eigenvalue weighted by Crippen LogP contribution is -3.19. The molecule has 2 aromatic carbocycles. The SMILES string of the molecule is CCCc1ccc(S(=O)(=O)N2CC[NH+]([C@H](C)C(=O)N(C)c3ccccc3)CC2)cc1. The minimum Gasteiger partial charge on any atom is -0.323 e. The predicted octanol–water partition coefficient (Wildman–Crippen LogP) is 1.58. The van der Waals surface area contributed by atoms with Crippen LogP contribution in [-0.4, -0.2) is 57.9 Å². The van der Waals surface area contributed by atoms with Crippen molar-refractivity contribution in [1.29, 1.82) is 0 Å². The van der Waals surface area contributed by atoms with Gasteiger partial charge in [-0.2, -0.15) is 4.31 Å². The highest BCUT2D eigenvalue weighted by atomic mass is 32.2. The van der Waals surface area contributed by atoms with Crippen molar-refractivity contribution in [2.75, 3.05) is 38.1 Å². The van der Waals surface area contributed by atoms with Crippen molar-refractivity contribution in [3.63, 3.8) is 0 Å². The van der Waals surface area contributed by atoms with E-state index in [1.807, 2.05) is 49.4 Å². The van der Waals surface area contributed by atoms with Gasteiger partial charge in [-0.3, -0.25) is 4.79 Å². The maximum atomic E-state index is 13.0. The molecular weight excluding hydrogens is 398 g/mol. The van der Waals surface area contributed by atoms with Crippen LogP contribution in [-0.2, 0) is 21.2 Å². The van der Waals surface area contributed by atoms with Crippen LogP contribution in [0.2, 0.25) is 0 Å². The molecule has 1 aliphatic rings. The maximum absolute atomic E-state index is 13.0. The molecular formula is C23H32N3O3S+. The molecule has 0 spiro atoms. The second kappa shape index (κ2) is 9.73. The fourth-order valence-electron chi connectivity index (χ4n) is 3.96. The molecule has 3 rings (SSSR count). The van der Waals surface area contributed by atoms with Gasteiger partial charge >= 0.3 is 0 Å². The fourth-order valence-corrected chi connectivity index (χ4v) is 5.40. The molecule has 2 aromatic rings. The Balaban J connectivity index is 1.61. The third kappa shape index (κ3) is 4.91. The predicted molar refractivity (Wildman–Crippen MR) is 119 cm³/mol. The summed E-state index contributed by atoms with van der Waals surface area (Å²) in [5.74, 6) is 0.0408. The number of sulfonamides is 1. The number of para-hydroxylation sites is 1. The van der Waals surface area contributed by atoms with E-state index in [2.05, 4.69) is 6.92 Å². The Hall–Kier alpha value is -2.22. The fraction of sp³-hybridized carbons (Fsp3) is 0.435. The minimum atomic E-state index is -3.50. The quantitative estimate of drug-likeness (QED) is 0.726. The number of anilines is 1. The largest absolute Gasteiger partial charge is 0.323 e. The van der Waals surface area contributed by atoms with Gasteiger partial charge in [0.15, 0.2) is 6.04 Å². The van der Waals surface area contributed by atoms with Crippen LogP contribution in [0, 0.1) is 0 Å². The first-order valence-corrected chi connectivity index (χ1v) is 12.0. The number of nitrogens with one attached hydrogen (secondary N) is 1. The van der Waals surface area contributed by atoms with E-state index < -0.39 is 10.0 Å². The van der Waals surface area contributed by atoms with Crippen molar-refractivity contribution in [1.82, 2.24) is 4.31 Å². The molecule has 7 heteroatoms. The van der Waals surface area contributed by atoms with Gasteiger partial charge in [0.1, 0.15) is 0 Å². The average molecular weight is 431 g/mol. The number of hydrogen-bond donors (Lipinski definition) is 1. The summed E-state index contributed by atoms with van der Waals surface area (Å²) < 4.78 is 27.5. The molecule has 0 radical (unpaired) electrons. The molecule has 1 fully saturated rings. The van der Waals surface area contributed by atoms with Crippen LogP contribution in [0.1, 0.15) is 25.8 Å². The number of piperazine rings is 1. The normalized spacial score (nSPS) is 16.9. The highest BCUT2D eigenvalue weighted by molar-refractivity contribution is 7.89. The summed E-state index contributed by atoms with van der Waals surface area (Å²) >= 11 is 0. The first-order valence-electron chi connectivity index (χ1n) is 10.6. The van der Waals surface area contributed by atoms with Gasteiger partial charge in [-0.25, -0.2) is 8.42 Å². The Labute approximate surface area is 180 Å². The number of carbonyl (C=O) groups excluding carboxylic acids is 1. The van der Waals surface area contributed by atoms with E-state index in [1.165, 1.54) is 0 Å². The van der Waals surface area contributed by atoms with E-state index in [0.717, 1.165) is 29.0 Å². The summed E-state index contributed by atoms with van der Waals surface area (Å²) in [5, 5.41) is 0. The molecule has 1 amide bonds. The number of quaternary nitrogens is 1. The number of nitrogens with zero attached hydrogens (tertiary/aromatic N) is 2. The molecule has 162 valence electrons. The van der Waals surface area contributed by atoms with Crippen LogP contribution in [0.3, 0.4) is 0 Å². The number of aryl methyl sites for hydroxylation is 1. The van der Waals surface area contributed by atoms with Gasteiger partial charge in [0.25, 0.3) is 5.91 Å². The molecule has 0 unspecified atom stereocenters. The first kappa shape index (κ1) is 22.5. The molecule has 0 aliphatic carbocycles. The van der Waals surface area contributed by atoms with E-state index in [1.54, 1.807) is 28.4 Å². The van der Waals surface area contributed by atoms with Gasteiger partial charge in [0.2, 0.25) is 10.0 Å². The van der Waals surface area contributed by atoms with Crippen molar-refractivity contribution < 1.29 is 18.1 Å². The lowest BCUT2D eigenvalue weighted by molar-refractivity contribution is -0.917. The molecule has 0 bridgehead atoms. The van der Waals surface area contributed by atoms with Crippen LogP contribution in [0.15, 0.2) is 59.5 Å². The zero-order chi connectivity index (χ0) is 21.7. The number of likely N-dealkylation sites (N-methyl/N-ethyl adjacent to an activating group) is 1. The van der Waals surface area contributed by atoms with Gasteiger partial charge in [-0.05, 0) is 43.2 Å².